The highest BCUT2D eigenvalue weighted by Gasteiger charge is 2.24. The highest BCUT2D eigenvalue weighted by atomic mass is 31.2. The van der Waals surface area contributed by atoms with Crippen molar-refractivity contribution in [3.05, 3.63) is 12.2 Å². The maximum absolute atomic E-state index is 13.0. The molecule has 0 rings (SSSR count). The van der Waals surface area contributed by atoms with Crippen LogP contribution in [0.25, 0.3) is 0 Å². The van der Waals surface area contributed by atoms with Gasteiger partial charge >= 0.3 is 0 Å². The molecule has 0 spiro atoms. The van der Waals surface area contributed by atoms with Crippen LogP contribution in [0.3, 0.4) is 0 Å². The van der Waals surface area contributed by atoms with Crippen LogP contribution in [0.5, 0.6) is 0 Å². The number of hydrogen-bond acceptors (Lipinski definition) is 6. The molecule has 0 saturated heterocycles. The number of aliphatic hydroxyl groups is 1. The molecule has 0 aromatic carbocycles. The van der Waals surface area contributed by atoms with Crippen molar-refractivity contribution in [1.29, 1.82) is 0 Å². The number of phosphoric acid groups is 1. The first-order valence-electron chi connectivity index (χ1n) is 28.0. The van der Waals surface area contributed by atoms with Gasteiger partial charge in [0.1, 0.15) is 13.2 Å². The first-order chi connectivity index (χ1) is 31.0. The summed E-state index contributed by atoms with van der Waals surface area (Å²) >= 11 is 0. The van der Waals surface area contributed by atoms with Gasteiger partial charge < -0.3 is 28.8 Å². The standard InChI is InChI=1S/C55H111N2O6P/c1-6-8-10-12-14-16-18-20-22-24-25-26-27-28-29-30-31-33-35-37-39-41-43-45-47-49-55(59)56-53(52-63-64(60,61)62-51-50-57(3,4)5)54(58)48-46-44-42-40-38-36-34-32-23-21-19-17-15-13-11-9-7-2/h28-29,53-54,58H,6-27,30-52H2,1-5H3,(H-,56,59,60,61)/b29-28-. The Kier molecular flexibility index (Phi) is 46.8. The van der Waals surface area contributed by atoms with Gasteiger partial charge in [0.2, 0.25) is 5.91 Å². The minimum Gasteiger partial charge on any atom is -0.756 e. The third-order valence-corrected chi connectivity index (χ3v) is 14.0. The third-order valence-electron chi connectivity index (χ3n) is 13.0. The summed E-state index contributed by atoms with van der Waals surface area (Å²) in [6, 6.07) is -0.799. The van der Waals surface area contributed by atoms with E-state index in [1.807, 2.05) is 21.1 Å². The van der Waals surface area contributed by atoms with Crippen LogP contribution in [0, 0.1) is 0 Å². The topological polar surface area (TPSA) is 108 Å². The van der Waals surface area contributed by atoms with E-state index in [0.29, 0.717) is 23.9 Å². The lowest BCUT2D eigenvalue weighted by Crippen LogP contribution is -2.46. The zero-order valence-electron chi connectivity index (χ0n) is 43.5. The van der Waals surface area contributed by atoms with Gasteiger partial charge in [-0.3, -0.25) is 9.36 Å². The van der Waals surface area contributed by atoms with Crippen molar-refractivity contribution in [3.8, 4) is 0 Å². The molecule has 64 heavy (non-hydrogen) atoms. The molecule has 9 heteroatoms. The number of quaternary nitrogens is 1. The zero-order chi connectivity index (χ0) is 47.1. The maximum atomic E-state index is 13.0. The molecule has 0 aromatic rings. The molecule has 0 aliphatic rings. The van der Waals surface area contributed by atoms with Gasteiger partial charge in [-0.05, 0) is 38.5 Å². The van der Waals surface area contributed by atoms with E-state index in [-0.39, 0.29) is 19.1 Å². The number of nitrogens with zero attached hydrogens (tertiary/aromatic N) is 1. The number of hydrogen-bond donors (Lipinski definition) is 2. The summed E-state index contributed by atoms with van der Waals surface area (Å²) in [5.74, 6) is -0.162. The highest BCUT2D eigenvalue weighted by Crippen LogP contribution is 2.38. The zero-order valence-corrected chi connectivity index (χ0v) is 44.4. The molecule has 0 saturated carbocycles. The van der Waals surface area contributed by atoms with Gasteiger partial charge in [-0.25, -0.2) is 0 Å². The average Bonchev–Trinajstić information content (AvgIpc) is 3.25. The molecule has 3 unspecified atom stereocenters. The molecular weight excluding hydrogens is 816 g/mol. The summed E-state index contributed by atoms with van der Waals surface area (Å²) in [6.45, 7) is 4.76. The van der Waals surface area contributed by atoms with Crippen LogP contribution in [-0.4, -0.2) is 68.5 Å². The number of unbranched alkanes of at least 4 members (excludes halogenated alkanes) is 37. The van der Waals surface area contributed by atoms with Crippen LogP contribution in [0.1, 0.15) is 284 Å². The van der Waals surface area contributed by atoms with Crippen LogP contribution in [-0.2, 0) is 18.4 Å². The van der Waals surface area contributed by atoms with Crippen molar-refractivity contribution >= 4 is 13.7 Å². The summed E-state index contributed by atoms with van der Waals surface area (Å²) in [6.07, 6.45) is 56.6. The van der Waals surface area contributed by atoms with Crippen molar-refractivity contribution in [1.82, 2.24) is 5.32 Å². The van der Waals surface area contributed by atoms with Gasteiger partial charge in [-0.1, -0.05) is 251 Å². The van der Waals surface area contributed by atoms with Crippen molar-refractivity contribution < 1.29 is 32.9 Å². The lowest BCUT2D eigenvalue weighted by Gasteiger charge is -2.30. The smallest absolute Gasteiger partial charge is 0.268 e. The summed E-state index contributed by atoms with van der Waals surface area (Å²) in [5, 5.41) is 14.0. The van der Waals surface area contributed by atoms with Crippen LogP contribution in [0.2, 0.25) is 0 Å². The Hall–Kier alpha value is -0.760. The minimum absolute atomic E-state index is 0.0142. The van der Waals surface area contributed by atoms with Gasteiger partial charge in [0.15, 0.2) is 0 Å². The van der Waals surface area contributed by atoms with E-state index in [1.165, 1.54) is 218 Å². The van der Waals surface area contributed by atoms with Gasteiger partial charge in [-0.2, -0.15) is 0 Å². The van der Waals surface area contributed by atoms with E-state index in [1.54, 1.807) is 0 Å². The number of aliphatic hydroxyl groups excluding tert-OH is 1. The monoisotopic (exact) mass is 927 g/mol. The van der Waals surface area contributed by atoms with Crippen molar-refractivity contribution in [2.24, 2.45) is 0 Å². The Morgan fingerprint density at radius 1 is 0.531 bits per heavy atom. The second-order valence-electron chi connectivity index (χ2n) is 20.6. The van der Waals surface area contributed by atoms with Gasteiger partial charge in [0, 0.05) is 6.42 Å². The molecule has 0 heterocycles. The third kappa shape index (κ3) is 49.2. The molecule has 8 nitrogen and oxygen atoms in total. The fourth-order valence-electron chi connectivity index (χ4n) is 8.57. The Balaban J connectivity index is 4.15. The molecular formula is C55H111N2O6P. The number of amides is 1. The maximum Gasteiger partial charge on any atom is 0.268 e. The van der Waals surface area contributed by atoms with Crippen LogP contribution >= 0.6 is 7.82 Å². The van der Waals surface area contributed by atoms with Gasteiger partial charge in [0.05, 0.1) is 39.9 Å². The fraction of sp³-hybridized carbons (Fsp3) is 0.945. The van der Waals surface area contributed by atoms with E-state index in [9.17, 15) is 19.4 Å². The molecule has 382 valence electrons. The number of allylic oxidation sites excluding steroid dienone is 2. The van der Waals surface area contributed by atoms with Gasteiger partial charge in [-0.15, -0.1) is 0 Å². The minimum atomic E-state index is -4.57. The number of nitrogens with one attached hydrogen (secondary N) is 1. The first-order valence-corrected chi connectivity index (χ1v) is 29.5. The Bertz CT molecular complexity index is 1050. The van der Waals surface area contributed by atoms with Crippen molar-refractivity contribution in [3.63, 3.8) is 0 Å². The largest absolute Gasteiger partial charge is 0.756 e. The molecule has 0 fully saturated rings. The van der Waals surface area contributed by atoms with E-state index < -0.39 is 20.0 Å². The lowest BCUT2D eigenvalue weighted by molar-refractivity contribution is -0.870. The Morgan fingerprint density at radius 2 is 0.859 bits per heavy atom. The van der Waals surface area contributed by atoms with Crippen molar-refractivity contribution in [2.45, 2.75) is 296 Å². The van der Waals surface area contributed by atoms with E-state index >= 15 is 0 Å². The van der Waals surface area contributed by atoms with Crippen LogP contribution in [0.15, 0.2) is 12.2 Å². The number of carbonyl (C=O) groups excluding carboxylic acids is 1. The molecule has 3 atom stereocenters. The second-order valence-corrected chi connectivity index (χ2v) is 22.1. The summed E-state index contributed by atoms with van der Waals surface area (Å²) < 4.78 is 23.4. The molecule has 0 aliphatic heterocycles. The first kappa shape index (κ1) is 63.2. The second kappa shape index (κ2) is 47.3. The predicted molar refractivity (Wildman–Crippen MR) is 275 cm³/mol. The quantitative estimate of drug-likeness (QED) is 0.0272. The number of carbonyl (C=O) groups is 1. The van der Waals surface area contributed by atoms with Gasteiger partial charge in [0.25, 0.3) is 7.82 Å². The fourth-order valence-corrected chi connectivity index (χ4v) is 9.29. The molecule has 1 amide bonds. The predicted octanol–water partition coefficient (Wildman–Crippen LogP) is 16.0. The highest BCUT2D eigenvalue weighted by molar-refractivity contribution is 7.45. The van der Waals surface area contributed by atoms with E-state index in [2.05, 4.69) is 31.3 Å². The summed E-state index contributed by atoms with van der Waals surface area (Å²) in [7, 11) is 1.32. The number of phosphoric ester groups is 1. The molecule has 0 aliphatic carbocycles. The van der Waals surface area contributed by atoms with E-state index in [4.69, 9.17) is 9.05 Å². The molecule has 0 bridgehead atoms. The van der Waals surface area contributed by atoms with Crippen LogP contribution in [0.4, 0.5) is 0 Å². The lowest BCUT2D eigenvalue weighted by atomic mass is 10.0. The van der Waals surface area contributed by atoms with Crippen molar-refractivity contribution in [2.75, 3.05) is 40.9 Å². The SMILES string of the molecule is CCCCCCCCCCCCCC/C=C\CCCCCCCCCCCC(=O)NC(COP(=O)([O-])OCC[N+](C)(C)C)C(O)CCCCCCCCCCCCCCCCCCC. The van der Waals surface area contributed by atoms with Crippen LogP contribution < -0.4 is 10.2 Å². The normalized spacial score (nSPS) is 14.0. The Morgan fingerprint density at radius 3 is 1.22 bits per heavy atom. The summed E-state index contributed by atoms with van der Waals surface area (Å²) in [4.78, 5) is 25.5. The molecule has 2 N–H and O–H groups in total. The summed E-state index contributed by atoms with van der Waals surface area (Å²) in [5.41, 5.74) is 0. The average molecular weight is 927 g/mol. The van der Waals surface area contributed by atoms with E-state index in [0.717, 1.165) is 38.5 Å². The Labute approximate surface area is 399 Å². The number of likely N-dealkylation sites (N-methyl/N-ethyl adjacent to an activating group) is 1. The molecule has 0 aromatic heterocycles. The molecule has 0 radical (unpaired) electrons. The number of rotatable bonds is 52.